The van der Waals surface area contributed by atoms with Crippen molar-refractivity contribution in [2.24, 2.45) is 11.7 Å². The second-order valence-corrected chi connectivity index (χ2v) is 6.17. The lowest BCUT2D eigenvalue weighted by Gasteiger charge is -2.24. The summed E-state index contributed by atoms with van der Waals surface area (Å²) in [5.41, 5.74) is 5.53. The van der Waals surface area contributed by atoms with Crippen LogP contribution in [0.25, 0.3) is 0 Å². The molecular formula is C14H25N5O. The Labute approximate surface area is 120 Å². The maximum atomic E-state index is 12.5. The molecule has 1 aliphatic rings. The molecule has 0 aromatic carbocycles. The van der Waals surface area contributed by atoms with Crippen LogP contribution in [0.3, 0.4) is 0 Å². The van der Waals surface area contributed by atoms with Gasteiger partial charge in [-0.15, -0.1) is 0 Å². The monoisotopic (exact) mass is 279 g/mol. The molecule has 0 spiro atoms. The van der Waals surface area contributed by atoms with Gasteiger partial charge in [0, 0.05) is 25.5 Å². The van der Waals surface area contributed by atoms with Crippen molar-refractivity contribution in [3.05, 3.63) is 18.7 Å². The molecule has 1 aromatic heterocycles. The SMILES string of the molecule is CC(C)CC1(C)NC(N)N(CCCn2ccnc2)C1=O. The van der Waals surface area contributed by atoms with E-state index in [1.54, 1.807) is 17.4 Å². The summed E-state index contributed by atoms with van der Waals surface area (Å²) in [5.74, 6) is 0.568. The first-order chi connectivity index (χ1) is 9.42. The first-order valence-corrected chi connectivity index (χ1v) is 7.22. The molecule has 2 unspecified atom stereocenters. The molecule has 0 saturated carbocycles. The lowest BCUT2D eigenvalue weighted by Crippen LogP contribution is -2.48. The quantitative estimate of drug-likeness (QED) is 0.806. The van der Waals surface area contributed by atoms with E-state index in [1.165, 1.54) is 0 Å². The van der Waals surface area contributed by atoms with Crippen LogP contribution in [0, 0.1) is 5.92 Å². The molecule has 1 saturated heterocycles. The Morgan fingerprint density at radius 1 is 1.50 bits per heavy atom. The number of rotatable bonds is 6. The van der Waals surface area contributed by atoms with Gasteiger partial charge in [-0.3, -0.25) is 15.8 Å². The summed E-state index contributed by atoms with van der Waals surface area (Å²) in [6, 6.07) is 0. The lowest BCUT2D eigenvalue weighted by molar-refractivity contribution is -0.133. The molecule has 2 atom stereocenters. The number of hydrogen-bond donors (Lipinski definition) is 2. The molecule has 6 heteroatoms. The summed E-state index contributed by atoms with van der Waals surface area (Å²) in [7, 11) is 0. The number of carbonyl (C=O) groups is 1. The minimum absolute atomic E-state index is 0.115. The Morgan fingerprint density at radius 3 is 2.85 bits per heavy atom. The van der Waals surface area contributed by atoms with Crippen LogP contribution in [-0.2, 0) is 11.3 Å². The standard InChI is InChI=1S/C14H25N5O/c1-11(2)9-14(3)12(20)19(13(15)17-14)7-4-6-18-8-5-16-10-18/h5,8,10-11,13,17H,4,6-7,9,15H2,1-3H3. The number of imidazole rings is 1. The molecule has 0 aliphatic carbocycles. The number of amides is 1. The number of hydrogen-bond acceptors (Lipinski definition) is 4. The fourth-order valence-corrected chi connectivity index (χ4v) is 2.96. The summed E-state index contributed by atoms with van der Waals surface area (Å²) >= 11 is 0. The van der Waals surface area contributed by atoms with E-state index in [2.05, 4.69) is 24.1 Å². The Morgan fingerprint density at radius 2 is 2.25 bits per heavy atom. The van der Waals surface area contributed by atoms with Crippen LogP contribution in [0.15, 0.2) is 18.7 Å². The van der Waals surface area contributed by atoms with Crippen LogP contribution in [0.4, 0.5) is 0 Å². The molecule has 1 aliphatic heterocycles. The van der Waals surface area contributed by atoms with Gasteiger partial charge in [-0.05, 0) is 25.7 Å². The first kappa shape index (κ1) is 15.0. The number of nitrogens with zero attached hydrogens (tertiary/aromatic N) is 3. The summed E-state index contributed by atoms with van der Waals surface area (Å²) in [6.45, 7) is 7.70. The van der Waals surface area contributed by atoms with Crippen molar-refractivity contribution in [1.29, 1.82) is 0 Å². The largest absolute Gasteiger partial charge is 0.337 e. The third-order valence-electron chi connectivity index (χ3n) is 3.73. The molecule has 20 heavy (non-hydrogen) atoms. The molecule has 112 valence electrons. The van der Waals surface area contributed by atoms with Crippen LogP contribution in [-0.4, -0.2) is 38.7 Å². The fourth-order valence-electron chi connectivity index (χ4n) is 2.96. The van der Waals surface area contributed by atoms with E-state index in [0.717, 1.165) is 19.4 Å². The van der Waals surface area contributed by atoms with Crippen molar-refractivity contribution in [3.63, 3.8) is 0 Å². The minimum atomic E-state index is -0.525. The van der Waals surface area contributed by atoms with Gasteiger partial charge in [-0.2, -0.15) is 0 Å². The van der Waals surface area contributed by atoms with Crippen molar-refractivity contribution in [2.75, 3.05) is 6.54 Å². The highest BCUT2D eigenvalue weighted by molar-refractivity contribution is 5.88. The molecule has 2 rings (SSSR count). The summed E-state index contributed by atoms with van der Waals surface area (Å²) in [4.78, 5) is 18.3. The van der Waals surface area contributed by atoms with Gasteiger partial charge < -0.3 is 9.47 Å². The van der Waals surface area contributed by atoms with Gasteiger partial charge in [0.05, 0.1) is 11.9 Å². The Balaban J connectivity index is 1.90. The molecule has 1 amide bonds. The highest BCUT2D eigenvalue weighted by atomic mass is 16.2. The number of nitrogens with two attached hydrogens (primary N) is 1. The molecular weight excluding hydrogens is 254 g/mol. The van der Waals surface area contributed by atoms with Crippen molar-refractivity contribution in [1.82, 2.24) is 19.8 Å². The average Bonchev–Trinajstić information content (AvgIpc) is 2.91. The Hall–Kier alpha value is -1.40. The number of nitrogens with one attached hydrogen (secondary N) is 1. The third kappa shape index (κ3) is 3.19. The molecule has 1 aromatic rings. The van der Waals surface area contributed by atoms with Crippen molar-refractivity contribution in [3.8, 4) is 0 Å². The summed E-state index contributed by atoms with van der Waals surface area (Å²) in [5, 5.41) is 3.24. The average molecular weight is 279 g/mol. The van der Waals surface area contributed by atoms with Crippen molar-refractivity contribution in [2.45, 2.75) is 52.0 Å². The van der Waals surface area contributed by atoms with Gasteiger partial charge in [0.1, 0.15) is 6.29 Å². The van der Waals surface area contributed by atoms with Crippen molar-refractivity contribution < 1.29 is 4.79 Å². The van der Waals surface area contributed by atoms with Gasteiger partial charge >= 0.3 is 0 Å². The van der Waals surface area contributed by atoms with Crippen molar-refractivity contribution >= 4 is 5.91 Å². The highest BCUT2D eigenvalue weighted by Crippen LogP contribution is 2.25. The topological polar surface area (TPSA) is 76.2 Å². The maximum Gasteiger partial charge on any atom is 0.244 e. The minimum Gasteiger partial charge on any atom is -0.337 e. The maximum absolute atomic E-state index is 12.5. The number of aromatic nitrogens is 2. The van der Waals surface area contributed by atoms with Gasteiger partial charge in [0.15, 0.2) is 0 Å². The zero-order valence-electron chi connectivity index (χ0n) is 12.5. The molecule has 1 fully saturated rings. The van der Waals surface area contributed by atoms with Gasteiger partial charge in [-0.1, -0.05) is 13.8 Å². The Bertz CT molecular complexity index is 444. The summed E-state index contributed by atoms with van der Waals surface area (Å²) < 4.78 is 2.01. The van der Waals surface area contributed by atoms with Gasteiger partial charge in [0.25, 0.3) is 0 Å². The fraction of sp³-hybridized carbons (Fsp3) is 0.714. The zero-order valence-corrected chi connectivity index (χ0v) is 12.5. The molecule has 6 nitrogen and oxygen atoms in total. The molecule has 3 N–H and O–H groups in total. The van der Waals surface area contributed by atoms with E-state index in [-0.39, 0.29) is 12.2 Å². The van der Waals surface area contributed by atoms with Crippen LogP contribution in [0.1, 0.15) is 33.6 Å². The normalized spacial score (nSPS) is 26.8. The number of aryl methyl sites for hydroxylation is 1. The number of carbonyl (C=O) groups excluding carboxylic acids is 1. The molecule has 2 heterocycles. The summed E-state index contributed by atoms with van der Waals surface area (Å²) in [6.07, 6.45) is 6.76. The highest BCUT2D eigenvalue weighted by Gasteiger charge is 2.46. The first-order valence-electron chi connectivity index (χ1n) is 7.22. The molecule has 0 radical (unpaired) electrons. The van der Waals surface area contributed by atoms with E-state index in [1.807, 2.05) is 17.7 Å². The van der Waals surface area contributed by atoms with Crippen LogP contribution < -0.4 is 11.1 Å². The lowest BCUT2D eigenvalue weighted by atomic mass is 9.91. The predicted molar refractivity (Wildman–Crippen MR) is 77.5 cm³/mol. The van der Waals surface area contributed by atoms with Crippen LogP contribution in [0.5, 0.6) is 0 Å². The zero-order chi connectivity index (χ0) is 14.8. The van der Waals surface area contributed by atoms with Gasteiger partial charge in [0.2, 0.25) is 5.91 Å². The second-order valence-electron chi connectivity index (χ2n) is 6.17. The predicted octanol–water partition coefficient (Wildman–Crippen LogP) is 0.752. The van der Waals surface area contributed by atoms with E-state index >= 15 is 0 Å². The van der Waals surface area contributed by atoms with Gasteiger partial charge in [-0.25, -0.2) is 4.98 Å². The third-order valence-corrected chi connectivity index (χ3v) is 3.73. The van der Waals surface area contributed by atoms with E-state index < -0.39 is 5.54 Å². The molecule has 0 bridgehead atoms. The van der Waals surface area contributed by atoms with Crippen LogP contribution >= 0.6 is 0 Å². The second kappa shape index (κ2) is 5.93. The van der Waals surface area contributed by atoms with E-state index in [4.69, 9.17) is 5.73 Å². The van der Waals surface area contributed by atoms with Crippen LogP contribution in [0.2, 0.25) is 0 Å². The van der Waals surface area contributed by atoms with E-state index in [0.29, 0.717) is 12.5 Å². The smallest absolute Gasteiger partial charge is 0.244 e. The Kier molecular flexibility index (Phi) is 4.45. The van der Waals surface area contributed by atoms with E-state index in [9.17, 15) is 4.79 Å².